The quantitative estimate of drug-likeness (QED) is 0.675. The molecule has 1 aliphatic rings. The van der Waals surface area contributed by atoms with E-state index < -0.39 is 15.7 Å². The average Bonchev–Trinajstić information content (AvgIpc) is 2.08. The summed E-state index contributed by atoms with van der Waals surface area (Å²) in [7, 11) is -3.42. The third-order valence-electron chi connectivity index (χ3n) is 2.98. The Morgan fingerprint density at radius 1 is 1.25 bits per heavy atom. The number of ether oxygens (including phenoxy) is 1. The third kappa shape index (κ3) is 3.43. The molecule has 1 aliphatic heterocycles. The van der Waals surface area contributed by atoms with Gasteiger partial charge in [-0.3, -0.25) is 4.18 Å². The molecule has 1 fully saturated rings. The van der Waals surface area contributed by atoms with Gasteiger partial charge in [0.15, 0.2) is 0 Å². The molecule has 1 heterocycles. The van der Waals surface area contributed by atoms with E-state index in [0.29, 0.717) is 25.6 Å². The molecule has 0 saturated carbocycles. The van der Waals surface area contributed by atoms with Crippen LogP contribution in [0.15, 0.2) is 0 Å². The van der Waals surface area contributed by atoms with Crippen molar-refractivity contribution in [1.82, 2.24) is 0 Å². The molecule has 1 rings (SSSR count). The van der Waals surface area contributed by atoms with E-state index in [0.717, 1.165) is 0 Å². The molecule has 0 aliphatic carbocycles. The Morgan fingerprint density at radius 2 is 1.81 bits per heavy atom. The van der Waals surface area contributed by atoms with Crippen LogP contribution in [0.5, 0.6) is 0 Å². The van der Waals surface area contributed by atoms with Crippen molar-refractivity contribution < 1.29 is 17.3 Å². The van der Waals surface area contributed by atoms with Gasteiger partial charge in [0.25, 0.3) is 10.1 Å². The Labute approximate surface area is 98.4 Å². The molecule has 0 radical (unpaired) electrons. The lowest BCUT2D eigenvalue weighted by molar-refractivity contribution is -0.181. The van der Waals surface area contributed by atoms with Crippen molar-refractivity contribution in [2.75, 3.05) is 19.0 Å². The predicted molar refractivity (Wildman–Crippen MR) is 62.7 cm³/mol. The molecule has 16 heavy (non-hydrogen) atoms. The van der Waals surface area contributed by atoms with Crippen LogP contribution in [0.3, 0.4) is 0 Å². The van der Waals surface area contributed by atoms with E-state index in [2.05, 4.69) is 0 Å². The fourth-order valence-electron chi connectivity index (χ4n) is 1.46. The van der Waals surface area contributed by atoms with Gasteiger partial charge in [-0.15, -0.1) is 0 Å². The first kappa shape index (κ1) is 13.9. The highest BCUT2D eigenvalue weighted by Gasteiger charge is 2.46. The Bertz CT molecular complexity index is 315. The van der Waals surface area contributed by atoms with Crippen LogP contribution in [-0.4, -0.2) is 33.0 Å². The van der Waals surface area contributed by atoms with Crippen LogP contribution in [0.1, 0.15) is 34.1 Å². The van der Waals surface area contributed by atoms with Crippen molar-refractivity contribution >= 4 is 10.1 Å². The van der Waals surface area contributed by atoms with Gasteiger partial charge in [0.1, 0.15) is 5.60 Å². The van der Waals surface area contributed by atoms with Gasteiger partial charge in [-0.1, -0.05) is 27.7 Å². The van der Waals surface area contributed by atoms with Gasteiger partial charge in [-0.2, -0.15) is 8.42 Å². The van der Waals surface area contributed by atoms with E-state index in [1.54, 1.807) is 0 Å². The Hall–Kier alpha value is -0.130. The predicted octanol–water partition coefficient (Wildman–Crippen LogP) is 1.80. The van der Waals surface area contributed by atoms with Crippen molar-refractivity contribution in [3.05, 3.63) is 0 Å². The van der Waals surface area contributed by atoms with E-state index in [1.807, 2.05) is 27.7 Å². The van der Waals surface area contributed by atoms with Gasteiger partial charge in [0.05, 0.1) is 19.0 Å². The Balaban J connectivity index is 2.57. The van der Waals surface area contributed by atoms with Crippen molar-refractivity contribution in [3.63, 3.8) is 0 Å². The maximum Gasteiger partial charge on any atom is 0.268 e. The molecular weight excluding hydrogens is 228 g/mol. The van der Waals surface area contributed by atoms with Gasteiger partial charge in [-0.05, 0) is 18.3 Å². The molecule has 0 atom stereocenters. The van der Waals surface area contributed by atoms with E-state index in [1.165, 1.54) is 0 Å². The summed E-state index contributed by atoms with van der Waals surface area (Å²) in [6.45, 7) is 8.68. The lowest BCUT2D eigenvalue weighted by atomic mass is 9.89. The van der Waals surface area contributed by atoms with Crippen LogP contribution in [0.4, 0.5) is 0 Å². The zero-order chi connectivity index (χ0) is 12.4. The molecular formula is C11H22O4S. The molecule has 0 spiro atoms. The van der Waals surface area contributed by atoms with Gasteiger partial charge in [-0.25, -0.2) is 0 Å². The Kier molecular flexibility index (Phi) is 4.37. The minimum absolute atomic E-state index is 0.0964. The van der Waals surface area contributed by atoms with Crippen molar-refractivity contribution in [2.45, 2.75) is 39.7 Å². The lowest BCUT2D eigenvalue weighted by Crippen LogP contribution is -2.57. The molecule has 0 aromatic heterocycles. The first-order valence-corrected chi connectivity index (χ1v) is 7.36. The van der Waals surface area contributed by atoms with Gasteiger partial charge in [0.2, 0.25) is 0 Å². The van der Waals surface area contributed by atoms with Gasteiger partial charge >= 0.3 is 0 Å². The highest BCUT2D eigenvalue weighted by Crippen LogP contribution is 2.32. The normalized spacial score (nSPS) is 20.1. The van der Waals surface area contributed by atoms with Crippen molar-refractivity contribution in [2.24, 2.45) is 11.8 Å². The molecule has 1 saturated heterocycles. The summed E-state index contributed by atoms with van der Waals surface area (Å²) in [5, 5.41) is 0. The molecule has 0 N–H and O–H groups in total. The fourth-order valence-corrected chi connectivity index (χ4v) is 3.09. The van der Waals surface area contributed by atoms with Crippen molar-refractivity contribution in [3.8, 4) is 0 Å². The van der Waals surface area contributed by atoms with E-state index >= 15 is 0 Å². The highest BCUT2D eigenvalue weighted by atomic mass is 32.2. The summed E-state index contributed by atoms with van der Waals surface area (Å²) in [5.41, 5.74) is -0.615. The Morgan fingerprint density at radius 3 is 2.12 bits per heavy atom. The summed E-state index contributed by atoms with van der Waals surface area (Å²) in [6, 6.07) is 0. The first-order chi connectivity index (χ1) is 7.27. The number of hydrogen-bond acceptors (Lipinski definition) is 4. The lowest BCUT2D eigenvalue weighted by Gasteiger charge is -2.43. The van der Waals surface area contributed by atoms with Gasteiger partial charge in [0, 0.05) is 0 Å². The van der Waals surface area contributed by atoms with Gasteiger partial charge < -0.3 is 4.74 Å². The molecule has 0 amide bonds. The maximum absolute atomic E-state index is 11.8. The topological polar surface area (TPSA) is 52.6 Å². The minimum atomic E-state index is -3.42. The number of hydrogen-bond donors (Lipinski definition) is 0. The zero-order valence-electron chi connectivity index (χ0n) is 10.5. The molecule has 0 unspecified atom stereocenters. The van der Waals surface area contributed by atoms with E-state index in [-0.39, 0.29) is 11.7 Å². The molecule has 0 aromatic carbocycles. The van der Waals surface area contributed by atoms with Crippen LogP contribution >= 0.6 is 0 Å². The summed E-state index contributed by atoms with van der Waals surface area (Å²) in [4.78, 5) is 0. The summed E-state index contributed by atoms with van der Waals surface area (Å²) >= 11 is 0. The second kappa shape index (κ2) is 5.02. The SMILES string of the molecule is CC(C)CCS(=O)(=O)OC1(C(C)C)COC1. The van der Waals surface area contributed by atoms with Crippen LogP contribution in [0, 0.1) is 11.8 Å². The zero-order valence-corrected chi connectivity index (χ0v) is 11.3. The van der Waals surface area contributed by atoms with E-state index in [9.17, 15) is 8.42 Å². The summed E-state index contributed by atoms with van der Waals surface area (Å²) in [5.74, 6) is 0.611. The van der Waals surface area contributed by atoms with Crippen molar-refractivity contribution in [1.29, 1.82) is 0 Å². The molecule has 0 aromatic rings. The van der Waals surface area contributed by atoms with Crippen LogP contribution in [0.2, 0.25) is 0 Å². The first-order valence-electron chi connectivity index (χ1n) is 5.78. The van der Waals surface area contributed by atoms with Crippen LogP contribution in [-0.2, 0) is 19.0 Å². The standard InChI is InChI=1S/C11H22O4S/c1-9(2)5-6-16(12,13)15-11(10(3)4)7-14-8-11/h9-10H,5-8H2,1-4H3. The number of rotatable bonds is 6. The summed E-state index contributed by atoms with van der Waals surface area (Å²) in [6.07, 6.45) is 0.636. The second-order valence-electron chi connectivity index (χ2n) is 5.24. The van der Waals surface area contributed by atoms with E-state index in [4.69, 9.17) is 8.92 Å². The minimum Gasteiger partial charge on any atom is -0.375 e. The molecule has 96 valence electrons. The van der Waals surface area contributed by atoms with Crippen LogP contribution in [0.25, 0.3) is 0 Å². The maximum atomic E-state index is 11.8. The van der Waals surface area contributed by atoms with Crippen LogP contribution < -0.4 is 0 Å². The average molecular weight is 250 g/mol. The summed E-state index contributed by atoms with van der Waals surface area (Å²) < 4.78 is 33.9. The molecule has 4 nitrogen and oxygen atoms in total. The fraction of sp³-hybridized carbons (Fsp3) is 1.00. The second-order valence-corrected chi connectivity index (χ2v) is 6.93. The molecule has 0 bridgehead atoms. The third-order valence-corrected chi connectivity index (χ3v) is 4.30. The largest absolute Gasteiger partial charge is 0.375 e. The molecule has 5 heteroatoms. The monoisotopic (exact) mass is 250 g/mol. The smallest absolute Gasteiger partial charge is 0.268 e. The highest BCUT2D eigenvalue weighted by molar-refractivity contribution is 7.86.